The SMILES string of the molecule is NCc1ccc(C(=O)NC2(C(=O)O)CCCC2)cc1. The van der Waals surface area contributed by atoms with Gasteiger partial charge in [0.25, 0.3) is 5.91 Å². The lowest BCUT2D eigenvalue weighted by Gasteiger charge is -2.25. The summed E-state index contributed by atoms with van der Waals surface area (Å²) < 4.78 is 0. The standard InChI is InChI=1S/C14H18N2O3/c15-9-10-3-5-11(6-4-10)12(17)16-14(13(18)19)7-1-2-8-14/h3-6H,1-2,7-9,15H2,(H,16,17)(H,18,19). The van der Waals surface area contributed by atoms with Crippen LogP contribution in [0, 0.1) is 0 Å². The zero-order valence-electron chi connectivity index (χ0n) is 10.7. The summed E-state index contributed by atoms with van der Waals surface area (Å²) in [6.45, 7) is 0.418. The molecule has 1 aliphatic rings. The van der Waals surface area contributed by atoms with Gasteiger partial charge in [0.1, 0.15) is 5.54 Å². The van der Waals surface area contributed by atoms with Gasteiger partial charge in [0.15, 0.2) is 0 Å². The molecule has 1 saturated carbocycles. The van der Waals surface area contributed by atoms with Crippen molar-refractivity contribution >= 4 is 11.9 Å². The molecule has 1 aliphatic carbocycles. The fourth-order valence-electron chi connectivity index (χ4n) is 2.45. The smallest absolute Gasteiger partial charge is 0.329 e. The van der Waals surface area contributed by atoms with Gasteiger partial charge in [-0.15, -0.1) is 0 Å². The average molecular weight is 262 g/mol. The molecule has 0 bridgehead atoms. The van der Waals surface area contributed by atoms with Crippen LogP contribution in [0.2, 0.25) is 0 Å². The monoisotopic (exact) mass is 262 g/mol. The highest BCUT2D eigenvalue weighted by molar-refractivity contribution is 5.98. The Bertz CT molecular complexity index is 476. The van der Waals surface area contributed by atoms with Crippen molar-refractivity contribution in [1.82, 2.24) is 5.32 Å². The van der Waals surface area contributed by atoms with E-state index in [2.05, 4.69) is 5.32 Å². The van der Waals surface area contributed by atoms with Crippen LogP contribution in [-0.4, -0.2) is 22.5 Å². The van der Waals surface area contributed by atoms with Crippen LogP contribution in [0.5, 0.6) is 0 Å². The average Bonchev–Trinajstić information content (AvgIpc) is 2.88. The zero-order valence-corrected chi connectivity index (χ0v) is 10.7. The number of carbonyl (C=O) groups excluding carboxylic acids is 1. The van der Waals surface area contributed by atoms with Gasteiger partial charge in [-0.3, -0.25) is 4.79 Å². The van der Waals surface area contributed by atoms with Crippen molar-refractivity contribution in [2.24, 2.45) is 5.73 Å². The summed E-state index contributed by atoms with van der Waals surface area (Å²) in [5.74, 6) is -1.29. The van der Waals surface area contributed by atoms with Crippen molar-refractivity contribution in [3.63, 3.8) is 0 Å². The third-order valence-electron chi connectivity index (χ3n) is 3.67. The summed E-state index contributed by atoms with van der Waals surface area (Å²) in [4.78, 5) is 23.5. The van der Waals surface area contributed by atoms with E-state index >= 15 is 0 Å². The molecule has 102 valence electrons. The molecule has 1 aromatic carbocycles. The second-order valence-corrected chi connectivity index (χ2v) is 4.95. The summed E-state index contributed by atoms with van der Waals surface area (Å²) in [6.07, 6.45) is 2.65. The zero-order chi connectivity index (χ0) is 13.9. The fourth-order valence-corrected chi connectivity index (χ4v) is 2.45. The van der Waals surface area contributed by atoms with Crippen LogP contribution in [0.3, 0.4) is 0 Å². The van der Waals surface area contributed by atoms with Crippen molar-refractivity contribution in [2.75, 3.05) is 0 Å². The summed E-state index contributed by atoms with van der Waals surface area (Å²) >= 11 is 0. The van der Waals surface area contributed by atoms with E-state index in [1.807, 2.05) is 0 Å². The lowest BCUT2D eigenvalue weighted by atomic mass is 9.97. The van der Waals surface area contributed by atoms with E-state index in [9.17, 15) is 14.7 Å². The molecule has 0 atom stereocenters. The van der Waals surface area contributed by atoms with E-state index in [1.54, 1.807) is 24.3 Å². The Hall–Kier alpha value is -1.88. The lowest BCUT2D eigenvalue weighted by Crippen LogP contribution is -2.52. The van der Waals surface area contributed by atoms with Gasteiger partial charge in [0.05, 0.1) is 0 Å². The first-order valence-electron chi connectivity index (χ1n) is 6.42. The summed E-state index contributed by atoms with van der Waals surface area (Å²) in [7, 11) is 0. The van der Waals surface area contributed by atoms with Crippen LogP contribution in [0.25, 0.3) is 0 Å². The minimum Gasteiger partial charge on any atom is -0.480 e. The maximum atomic E-state index is 12.1. The molecule has 0 heterocycles. The van der Waals surface area contributed by atoms with Crippen molar-refractivity contribution in [3.8, 4) is 0 Å². The Labute approximate surface area is 111 Å². The predicted octanol–water partition coefficient (Wildman–Crippen LogP) is 1.27. The number of hydrogen-bond donors (Lipinski definition) is 3. The quantitative estimate of drug-likeness (QED) is 0.762. The van der Waals surface area contributed by atoms with E-state index in [4.69, 9.17) is 5.73 Å². The predicted molar refractivity (Wildman–Crippen MR) is 70.6 cm³/mol. The first-order valence-corrected chi connectivity index (χ1v) is 6.42. The first-order chi connectivity index (χ1) is 9.07. The Morgan fingerprint density at radius 1 is 1.21 bits per heavy atom. The lowest BCUT2D eigenvalue weighted by molar-refractivity contribution is -0.144. The van der Waals surface area contributed by atoms with Crippen LogP contribution in [-0.2, 0) is 11.3 Å². The molecule has 0 aromatic heterocycles. The van der Waals surface area contributed by atoms with E-state index in [-0.39, 0.29) is 5.91 Å². The number of benzene rings is 1. The molecule has 19 heavy (non-hydrogen) atoms. The fraction of sp³-hybridized carbons (Fsp3) is 0.429. The number of carboxylic acid groups (broad SMARTS) is 1. The van der Waals surface area contributed by atoms with Gasteiger partial charge in [-0.25, -0.2) is 4.79 Å². The molecule has 0 saturated heterocycles. The third-order valence-corrected chi connectivity index (χ3v) is 3.67. The van der Waals surface area contributed by atoms with Crippen molar-refractivity contribution in [3.05, 3.63) is 35.4 Å². The molecule has 2 rings (SSSR count). The number of hydrogen-bond acceptors (Lipinski definition) is 3. The molecule has 1 amide bonds. The minimum atomic E-state index is -1.09. The van der Waals surface area contributed by atoms with Crippen LogP contribution in [0.1, 0.15) is 41.6 Å². The number of amides is 1. The first kappa shape index (κ1) is 13.5. The maximum Gasteiger partial charge on any atom is 0.329 e. The van der Waals surface area contributed by atoms with E-state index in [0.717, 1.165) is 18.4 Å². The van der Waals surface area contributed by atoms with Crippen LogP contribution < -0.4 is 11.1 Å². The molecular weight excluding hydrogens is 244 g/mol. The molecule has 1 aromatic rings. The number of aliphatic carboxylic acids is 1. The van der Waals surface area contributed by atoms with Crippen LogP contribution in [0.4, 0.5) is 0 Å². The van der Waals surface area contributed by atoms with Crippen molar-refractivity contribution in [2.45, 2.75) is 37.8 Å². The molecule has 1 fully saturated rings. The van der Waals surface area contributed by atoms with Gasteiger partial charge in [-0.05, 0) is 30.5 Å². The molecule has 5 nitrogen and oxygen atoms in total. The second-order valence-electron chi connectivity index (χ2n) is 4.95. The van der Waals surface area contributed by atoms with Gasteiger partial charge in [-0.1, -0.05) is 25.0 Å². The highest BCUT2D eigenvalue weighted by Gasteiger charge is 2.42. The van der Waals surface area contributed by atoms with E-state index < -0.39 is 11.5 Å². The van der Waals surface area contributed by atoms with Gasteiger partial charge >= 0.3 is 5.97 Å². The van der Waals surface area contributed by atoms with Gasteiger partial charge in [-0.2, -0.15) is 0 Å². The van der Waals surface area contributed by atoms with Gasteiger partial charge in [0, 0.05) is 12.1 Å². The Morgan fingerprint density at radius 2 is 1.79 bits per heavy atom. The Morgan fingerprint density at radius 3 is 2.26 bits per heavy atom. The van der Waals surface area contributed by atoms with Gasteiger partial charge < -0.3 is 16.2 Å². The Balaban J connectivity index is 2.13. The number of carboxylic acids is 1. The van der Waals surface area contributed by atoms with Crippen LogP contribution >= 0.6 is 0 Å². The molecule has 0 radical (unpaired) electrons. The molecule has 0 aliphatic heterocycles. The largest absolute Gasteiger partial charge is 0.480 e. The molecule has 0 spiro atoms. The van der Waals surface area contributed by atoms with Gasteiger partial charge in [0.2, 0.25) is 0 Å². The number of nitrogens with two attached hydrogens (primary N) is 1. The maximum absolute atomic E-state index is 12.1. The molecular formula is C14H18N2O3. The van der Waals surface area contributed by atoms with E-state index in [0.29, 0.717) is 24.9 Å². The van der Waals surface area contributed by atoms with Crippen molar-refractivity contribution < 1.29 is 14.7 Å². The van der Waals surface area contributed by atoms with Crippen LogP contribution in [0.15, 0.2) is 24.3 Å². The number of carbonyl (C=O) groups is 2. The number of nitrogens with one attached hydrogen (secondary N) is 1. The summed E-state index contributed by atoms with van der Waals surface area (Å²) in [5.41, 5.74) is 5.80. The highest BCUT2D eigenvalue weighted by atomic mass is 16.4. The second kappa shape index (κ2) is 5.40. The third kappa shape index (κ3) is 2.76. The minimum absolute atomic E-state index is 0.340. The topological polar surface area (TPSA) is 92.4 Å². The van der Waals surface area contributed by atoms with E-state index in [1.165, 1.54) is 0 Å². The number of rotatable bonds is 4. The Kier molecular flexibility index (Phi) is 3.85. The molecule has 0 unspecified atom stereocenters. The molecule has 5 heteroatoms. The molecule has 4 N–H and O–H groups in total. The van der Waals surface area contributed by atoms with Crippen molar-refractivity contribution in [1.29, 1.82) is 0 Å². The highest BCUT2D eigenvalue weighted by Crippen LogP contribution is 2.30. The summed E-state index contributed by atoms with van der Waals surface area (Å²) in [6, 6.07) is 6.89. The normalized spacial score (nSPS) is 17.1. The summed E-state index contributed by atoms with van der Waals surface area (Å²) in [5, 5.41) is 12.0.